The van der Waals surface area contributed by atoms with E-state index < -0.39 is 19.1 Å². The first-order valence-electron chi connectivity index (χ1n) is 12.7. The number of hydrogen-bond donors (Lipinski definition) is 1. The van der Waals surface area contributed by atoms with Crippen molar-refractivity contribution in [2.24, 2.45) is 0 Å². The van der Waals surface area contributed by atoms with Crippen LogP contribution in [0.25, 0.3) is 44.3 Å². The molecule has 0 spiro atoms. The maximum atomic E-state index is 12.2. The molecule has 43 heavy (non-hydrogen) atoms. The van der Waals surface area contributed by atoms with Crippen LogP contribution in [0.3, 0.4) is 0 Å². The van der Waals surface area contributed by atoms with E-state index in [1.54, 1.807) is 43.7 Å². The lowest BCUT2D eigenvalue weighted by molar-refractivity contribution is 0.590. The van der Waals surface area contributed by atoms with Gasteiger partial charge in [0.25, 0.3) is 0 Å². The van der Waals surface area contributed by atoms with Crippen LogP contribution in [0, 0.1) is 0 Å². The molecule has 0 amide bonds. The highest BCUT2D eigenvalue weighted by Gasteiger charge is 2.18. The molecule has 0 fully saturated rings. The smallest absolute Gasteiger partial charge is 0.238 e. The average Bonchev–Trinajstić information content (AvgIpc) is 3.60. The van der Waals surface area contributed by atoms with Crippen LogP contribution < -0.4 is 0 Å². The molecule has 0 aliphatic rings. The van der Waals surface area contributed by atoms with Gasteiger partial charge in [0.2, 0.25) is 29.6 Å². The van der Waals surface area contributed by atoms with Crippen LogP contribution in [0.4, 0.5) is 0 Å². The number of para-hydroxylation sites is 2. The Morgan fingerprint density at radius 3 is 1.84 bits per heavy atom. The number of rotatable bonds is 5. The summed E-state index contributed by atoms with van der Waals surface area (Å²) in [5, 5.41) is 2.34. The summed E-state index contributed by atoms with van der Waals surface area (Å²) in [5.41, 5.74) is 4.90. The van der Waals surface area contributed by atoms with Crippen molar-refractivity contribution in [2.45, 2.75) is 13.8 Å². The van der Waals surface area contributed by atoms with E-state index in [9.17, 15) is 16.8 Å². The summed E-state index contributed by atoms with van der Waals surface area (Å²) in [6.07, 6.45) is 6.73. The molecule has 6 aromatic rings. The maximum absolute atomic E-state index is 12.2. The van der Waals surface area contributed by atoms with Crippen LogP contribution in [0.2, 0.25) is 10.6 Å². The third-order valence-electron chi connectivity index (χ3n) is 6.08. The summed E-state index contributed by atoms with van der Waals surface area (Å²) < 4.78 is 45.3. The standard InChI is InChI=1S/C14H12ClN3O2S.C12H8ClN3.C2H5ClO2S/c1-2-21(19,20)18-9-11(10-5-3-4-6-13(10)18)12-7-8-16-14(15)17-12;13-12-14-6-5-11(16-12)9-7-15-10-4-2-1-3-8(9)10;1-2-6(3,4)5/h3-9H,2H2,1H3;1-7,15H;2H2,1H3. The van der Waals surface area contributed by atoms with E-state index in [1.165, 1.54) is 10.9 Å². The van der Waals surface area contributed by atoms with E-state index in [0.29, 0.717) is 16.8 Å². The van der Waals surface area contributed by atoms with Gasteiger partial charge in [0, 0.05) is 62.9 Å². The van der Waals surface area contributed by atoms with E-state index in [4.69, 9.17) is 23.2 Å². The fourth-order valence-electron chi connectivity index (χ4n) is 3.98. The molecule has 0 saturated heterocycles. The van der Waals surface area contributed by atoms with Gasteiger partial charge in [-0.1, -0.05) is 43.3 Å². The van der Waals surface area contributed by atoms with Crippen molar-refractivity contribution in [1.82, 2.24) is 28.9 Å². The number of hydrogen-bond acceptors (Lipinski definition) is 8. The fourth-order valence-corrected chi connectivity index (χ4v) is 5.27. The van der Waals surface area contributed by atoms with Gasteiger partial charge in [0.1, 0.15) is 0 Å². The van der Waals surface area contributed by atoms with E-state index in [0.717, 1.165) is 27.5 Å². The topological polar surface area (TPSA) is 141 Å². The Balaban J connectivity index is 0.000000170. The molecule has 4 heterocycles. The van der Waals surface area contributed by atoms with Gasteiger partial charge in [-0.25, -0.2) is 40.7 Å². The van der Waals surface area contributed by atoms with Gasteiger partial charge in [-0.15, -0.1) is 0 Å². The Morgan fingerprint density at radius 1 is 0.744 bits per heavy atom. The minimum absolute atomic E-state index is 0.00849. The number of halogens is 3. The Kier molecular flexibility index (Phi) is 10.4. The lowest BCUT2D eigenvalue weighted by atomic mass is 10.1. The second-order valence-electron chi connectivity index (χ2n) is 8.75. The highest BCUT2D eigenvalue weighted by Crippen LogP contribution is 2.31. The lowest BCUT2D eigenvalue weighted by Crippen LogP contribution is -2.13. The van der Waals surface area contributed by atoms with Crippen LogP contribution in [-0.2, 0) is 19.1 Å². The molecule has 1 N–H and O–H groups in total. The largest absolute Gasteiger partial charge is 0.360 e. The predicted octanol–water partition coefficient (Wildman–Crippen LogP) is 6.80. The Bertz CT molecular complexity index is 2100. The number of nitrogens with one attached hydrogen (secondary N) is 1. The van der Waals surface area contributed by atoms with Crippen molar-refractivity contribution in [1.29, 1.82) is 0 Å². The zero-order valence-electron chi connectivity index (χ0n) is 22.8. The van der Waals surface area contributed by atoms with E-state index in [1.807, 2.05) is 42.6 Å². The second-order valence-corrected chi connectivity index (χ2v) is 14.6. The Hall–Kier alpha value is -3.55. The van der Waals surface area contributed by atoms with Crippen molar-refractivity contribution in [2.75, 3.05) is 11.5 Å². The molecule has 0 unspecified atom stereocenters. The molecule has 15 heteroatoms. The summed E-state index contributed by atoms with van der Waals surface area (Å²) in [5.74, 6) is 0.0319. The van der Waals surface area contributed by atoms with Gasteiger partial charge in [-0.2, -0.15) is 0 Å². The first-order valence-corrected chi connectivity index (χ1v) is 17.6. The lowest BCUT2D eigenvalue weighted by Gasteiger charge is -2.03. The Morgan fingerprint density at radius 2 is 1.28 bits per heavy atom. The molecule has 0 aliphatic heterocycles. The van der Waals surface area contributed by atoms with Crippen molar-refractivity contribution in [3.8, 4) is 22.5 Å². The molecular formula is C28H25Cl3N6O4S2. The summed E-state index contributed by atoms with van der Waals surface area (Å²) >= 11 is 11.6. The number of aromatic amines is 1. The molecule has 6 rings (SSSR count). The van der Waals surface area contributed by atoms with Crippen molar-refractivity contribution >= 4 is 74.8 Å². The normalized spacial score (nSPS) is 11.5. The monoisotopic (exact) mass is 678 g/mol. The molecular weight excluding hydrogens is 655 g/mol. The van der Waals surface area contributed by atoms with Gasteiger partial charge in [-0.05, 0) is 54.4 Å². The van der Waals surface area contributed by atoms with Gasteiger partial charge in [0.05, 0.1) is 28.4 Å². The fraction of sp³-hybridized carbons (Fsp3) is 0.143. The van der Waals surface area contributed by atoms with Gasteiger partial charge in [-0.3, -0.25) is 0 Å². The second kappa shape index (κ2) is 13.8. The molecule has 4 aromatic heterocycles. The zero-order chi connectivity index (χ0) is 31.2. The van der Waals surface area contributed by atoms with E-state index in [-0.39, 0.29) is 22.1 Å². The molecule has 224 valence electrons. The molecule has 0 radical (unpaired) electrons. The molecule has 10 nitrogen and oxygen atoms in total. The highest BCUT2D eigenvalue weighted by molar-refractivity contribution is 8.13. The first kappa shape index (κ1) is 32.4. The first-order chi connectivity index (χ1) is 20.4. The van der Waals surface area contributed by atoms with Crippen LogP contribution in [-0.4, -0.2) is 57.2 Å². The summed E-state index contributed by atoms with van der Waals surface area (Å²) in [7, 11) is -1.88. The predicted molar refractivity (Wildman–Crippen MR) is 172 cm³/mol. The van der Waals surface area contributed by atoms with Crippen molar-refractivity contribution < 1.29 is 16.8 Å². The van der Waals surface area contributed by atoms with Crippen LogP contribution in [0.5, 0.6) is 0 Å². The summed E-state index contributed by atoms with van der Waals surface area (Å²) in [6.45, 7) is 3.10. The third kappa shape index (κ3) is 8.09. The SMILES string of the molecule is CCS(=O)(=O)Cl.CCS(=O)(=O)n1cc(-c2ccnc(Cl)n2)c2ccccc21.Clc1nccc(-c2c[nH]c3ccccc23)n1. The minimum Gasteiger partial charge on any atom is -0.360 e. The number of fused-ring (bicyclic) bond motifs is 2. The van der Waals surface area contributed by atoms with Gasteiger partial charge >= 0.3 is 0 Å². The van der Waals surface area contributed by atoms with Crippen LogP contribution >= 0.6 is 33.9 Å². The number of aromatic nitrogens is 6. The molecule has 0 bridgehead atoms. The summed E-state index contributed by atoms with van der Waals surface area (Å²) in [4.78, 5) is 19.3. The molecule has 0 atom stereocenters. The summed E-state index contributed by atoms with van der Waals surface area (Å²) in [6, 6.07) is 18.9. The quantitative estimate of drug-likeness (QED) is 0.155. The van der Waals surface area contributed by atoms with E-state index >= 15 is 0 Å². The molecule has 0 saturated carbocycles. The van der Waals surface area contributed by atoms with Gasteiger partial charge in [0.15, 0.2) is 0 Å². The minimum atomic E-state index is -3.38. The average molecular weight is 680 g/mol. The zero-order valence-corrected chi connectivity index (χ0v) is 26.7. The number of nitrogens with zero attached hydrogens (tertiary/aromatic N) is 5. The van der Waals surface area contributed by atoms with Crippen molar-refractivity contribution in [3.05, 3.63) is 96.0 Å². The molecule has 2 aromatic carbocycles. The highest BCUT2D eigenvalue weighted by atomic mass is 35.7. The number of benzene rings is 2. The van der Waals surface area contributed by atoms with Crippen molar-refractivity contribution in [3.63, 3.8) is 0 Å². The van der Waals surface area contributed by atoms with E-state index in [2.05, 4.69) is 41.7 Å². The Labute approximate surface area is 263 Å². The molecule has 0 aliphatic carbocycles. The van der Waals surface area contributed by atoms with Crippen LogP contribution in [0.15, 0.2) is 85.5 Å². The van der Waals surface area contributed by atoms with Gasteiger partial charge < -0.3 is 4.98 Å². The third-order valence-corrected chi connectivity index (χ3v) is 9.42. The maximum Gasteiger partial charge on any atom is 0.238 e. The van der Waals surface area contributed by atoms with Crippen LogP contribution in [0.1, 0.15) is 13.8 Å². The number of H-pyrrole nitrogens is 1.